The van der Waals surface area contributed by atoms with Crippen LogP contribution < -0.4 is 22.4 Å². The first-order chi connectivity index (χ1) is 18.8. The van der Waals surface area contributed by atoms with Gasteiger partial charge in [-0.25, -0.2) is 4.58 Å². The minimum Gasteiger partial charge on any atom is -1.00 e. The number of fused-ring (bicyclic) bond motifs is 4. The number of aromatic nitrogens is 1. The van der Waals surface area contributed by atoms with Gasteiger partial charge in [-0.3, -0.25) is 30.4 Å². The van der Waals surface area contributed by atoms with E-state index in [-0.39, 0.29) is 29.1 Å². The molecule has 2 aromatic carbocycles. The number of rotatable bonds is 8. The molecule has 0 amide bonds. The molecule has 0 fully saturated rings. The molecular weight excluding hydrogens is 584 g/mol. The number of esters is 1. The number of hydrogen-bond acceptors (Lipinski definition) is 8. The fraction of sp³-hybridized carbons (Fsp3) is 0.370. The van der Waals surface area contributed by atoms with Crippen LogP contribution in [0.4, 0.5) is 17.1 Å². The van der Waals surface area contributed by atoms with E-state index in [1.54, 1.807) is 0 Å². The lowest BCUT2D eigenvalue weighted by Crippen LogP contribution is -3.00. The predicted octanol–water partition coefficient (Wildman–Crippen LogP) is 1.57. The number of benzene rings is 2. The van der Waals surface area contributed by atoms with Crippen LogP contribution in [0.3, 0.4) is 0 Å². The number of para-hydroxylation sites is 1. The monoisotopic (exact) mass is 612 g/mol. The van der Waals surface area contributed by atoms with E-state index < -0.39 is 32.6 Å². The molecule has 40 heavy (non-hydrogen) atoms. The van der Waals surface area contributed by atoms with Gasteiger partial charge in [-0.1, -0.05) is 25.1 Å². The van der Waals surface area contributed by atoms with Crippen LogP contribution >= 0.6 is 0 Å². The van der Waals surface area contributed by atoms with Crippen molar-refractivity contribution >= 4 is 45.4 Å². The Morgan fingerprint density at radius 1 is 1.18 bits per heavy atom. The molecule has 5 rings (SSSR count). The Morgan fingerprint density at radius 3 is 2.65 bits per heavy atom. The minimum atomic E-state index is -0.699. The first kappa shape index (κ1) is 28.9. The van der Waals surface area contributed by atoms with Crippen molar-refractivity contribution in [3.63, 3.8) is 0 Å². The lowest BCUT2D eigenvalue weighted by atomic mass is 9.67. The van der Waals surface area contributed by atoms with Crippen molar-refractivity contribution in [1.29, 1.82) is 0 Å². The van der Waals surface area contributed by atoms with Gasteiger partial charge in [0.1, 0.15) is 24.5 Å². The van der Waals surface area contributed by atoms with Crippen molar-refractivity contribution in [2.75, 3.05) is 25.6 Å². The van der Waals surface area contributed by atoms with Crippen molar-refractivity contribution in [3.05, 3.63) is 74.0 Å². The maximum atomic E-state index is 12.6. The zero-order valence-corrected chi connectivity index (χ0v) is 23.7. The molecule has 210 valence electrons. The maximum absolute atomic E-state index is 12.6. The van der Waals surface area contributed by atoms with E-state index in [2.05, 4.69) is 33.1 Å². The number of methoxy groups -OCH3 is 1. The number of nitrogens with zero attached hydrogens (tertiary/aromatic N) is 4. The van der Waals surface area contributed by atoms with Crippen molar-refractivity contribution in [2.24, 2.45) is 10.5 Å². The largest absolute Gasteiger partial charge is 1.00 e. The first-order valence-electron chi connectivity index (χ1n) is 12.8. The van der Waals surface area contributed by atoms with Gasteiger partial charge in [0.2, 0.25) is 5.71 Å². The van der Waals surface area contributed by atoms with E-state index in [4.69, 9.17) is 4.74 Å². The summed E-state index contributed by atoms with van der Waals surface area (Å²) in [6.45, 7) is 3.76. The number of nitrogens with one attached hydrogen (secondary N) is 2. The minimum absolute atomic E-state index is 0. The van der Waals surface area contributed by atoms with E-state index in [0.29, 0.717) is 12.1 Å². The second-order valence-corrected chi connectivity index (χ2v) is 9.79. The quantitative estimate of drug-likeness (QED) is 0.128. The number of carbonyl (C=O) groups excluding carboxylic acids is 1. The van der Waals surface area contributed by atoms with Crippen LogP contribution in [0.5, 0.6) is 0 Å². The Balaban J connectivity index is 0.00000370. The van der Waals surface area contributed by atoms with Crippen LogP contribution in [-0.2, 0) is 16.0 Å². The van der Waals surface area contributed by atoms with E-state index in [9.17, 15) is 25.0 Å². The van der Waals surface area contributed by atoms with E-state index >= 15 is 0 Å². The summed E-state index contributed by atoms with van der Waals surface area (Å²) in [6.07, 6.45) is 3.01. The topological polar surface area (TPSA) is 156 Å². The molecule has 2 aliphatic heterocycles. The Bertz CT molecular complexity index is 1560. The standard InChI is InChI=1S/C27H28N6O6.BrH/c1-3-27(12-6-13-31-14-11-19-18-7-4-5-8-20(18)28-25(19)26(27)31)23(16-24(34)39-2)30-29-21-10-9-17(32(35)36)15-22(21)33(37)38;/h4-5,7-10,15,29H,3,6,11-14,16H2,1-2H3;1H. The van der Waals surface area contributed by atoms with Crippen LogP contribution in [0, 0.1) is 25.6 Å². The Kier molecular flexibility index (Phi) is 8.33. The molecule has 0 radical (unpaired) electrons. The molecule has 1 unspecified atom stereocenters. The molecular formula is C27H29BrN6O6. The van der Waals surface area contributed by atoms with Crippen LogP contribution in [0.1, 0.15) is 43.9 Å². The van der Waals surface area contributed by atoms with Gasteiger partial charge in [-0.05, 0) is 30.5 Å². The number of anilines is 1. The van der Waals surface area contributed by atoms with Crippen LogP contribution in [0.15, 0.2) is 47.6 Å². The number of hydrogen-bond donors (Lipinski definition) is 2. The van der Waals surface area contributed by atoms with Gasteiger partial charge in [0.25, 0.3) is 5.69 Å². The molecule has 0 saturated heterocycles. The van der Waals surface area contributed by atoms with Gasteiger partial charge < -0.3 is 26.7 Å². The Morgan fingerprint density at radius 2 is 1.95 bits per heavy atom. The zero-order chi connectivity index (χ0) is 27.7. The molecule has 1 atom stereocenters. The highest BCUT2D eigenvalue weighted by Crippen LogP contribution is 2.42. The highest BCUT2D eigenvalue weighted by atomic mass is 79.9. The van der Waals surface area contributed by atoms with Crippen molar-refractivity contribution in [1.82, 2.24) is 4.98 Å². The molecule has 0 bridgehead atoms. The molecule has 2 aliphatic rings. The summed E-state index contributed by atoms with van der Waals surface area (Å²) in [5.41, 5.74) is 6.09. The number of nitro benzene ring substituents is 2. The zero-order valence-electron chi connectivity index (χ0n) is 22.1. The third-order valence-electron chi connectivity index (χ3n) is 7.88. The number of non-ortho nitro benzene ring substituents is 1. The Hall–Kier alpha value is -4.13. The van der Waals surface area contributed by atoms with E-state index in [1.165, 1.54) is 30.2 Å². The number of carbonyl (C=O) groups is 1. The van der Waals surface area contributed by atoms with E-state index in [0.717, 1.165) is 55.3 Å². The molecule has 13 heteroatoms. The number of ether oxygens (including phenoxy) is 1. The third kappa shape index (κ3) is 4.96. The molecule has 0 spiro atoms. The summed E-state index contributed by atoms with van der Waals surface area (Å²) >= 11 is 0. The average Bonchev–Trinajstić information content (AvgIpc) is 3.33. The first-order valence-corrected chi connectivity index (χ1v) is 12.8. The van der Waals surface area contributed by atoms with Crippen LogP contribution in [0.2, 0.25) is 0 Å². The van der Waals surface area contributed by atoms with Gasteiger partial charge >= 0.3 is 11.7 Å². The molecule has 12 nitrogen and oxygen atoms in total. The molecule has 0 aliphatic carbocycles. The molecule has 3 aromatic rings. The summed E-state index contributed by atoms with van der Waals surface area (Å²) in [5, 5.41) is 28.7. The second kappa shape index (κ2) is 11.5. The normalized spacial score (nSPS) is 18.4. The molecule has 1 aromatic heterocycles. The van der Waals surface area contributed by atoms with Crippen LogP contribution in [-0.4, -0.2) is 57.0 Å². The Labute approximate surface area is 240 Å². The summed E-state index contributed by atoms with van der Waals surface area (Å²) in [4.78, 5) is 37.7. The van der Waals surface area contributed by atoms with Crippen LogP contribution in [0.25, 0.3) is 10.9 Å². The second-order valence-electron chi connectivity index (χ2n) is 9.79. The summed E-state index contributed by atoms with van der Waals surface area (Å²) in [6, 6.07) is 11.5. The summed E-state index contributed by atoms with van der Waals surface area (Å²) < 4.78 is 7.36. The van der Waals surface area contributed by atoms with Gasteiger partial charge in [0.05, 0.1) is 40.6 Å². The van der Waals surface area contributed by atoms with Gasteiger partial charge in [-0.15, -0.1) is 0 Å². The predicted molar refractivity (Wildman–Crippen MR) is 146 cm³/mol. The van der Waals surface area contributed by atoms with Gasteiger partial charge in [0, 0.05) is 29.8 Å². The highest BCUT2D eigenvalue weighted by Gasteiger charge is 2.51. The lowest BCUT2D eigenvalue weighted by Gasteiger charge is -2.38. The number of H-pyrrole nitrogens is 1. The maximum Gasteiger partial charge on any atom is 0.311 e. The fourth-order valence-corrected chi connectivity index (χ4v) is 5.99. The number of hydrazone groups is 1. The fourth-order valence-electron chi connectivity index (χ4n) is 5.99. The highest BCUT2D eigenvalue weighted by molar-refractivity contribution is 6.21. The molecule has 2 N–H and O–H groups in total. The van der Waals surface area contributed by atoms with Gasteiger partial charge in [-0.2, -0.15) is 5.10 Å². The van der Waals surface area contributed by atoms with Crippen molar-refractivity contribution in [3.8, 4) is 0 Å². The van der Waals surface area contributed by atoms with Gasteiger partial charge in [0.15, 0.2) is 0 Å². The molecule has 3 heterocycles. The SMILES string of the molecule is CCC1(C(CC(=O)OC)=NNc2ccc([N+](=O)[O-])cc2[N+](=O)[O-])CCC[N+]2=C1c1[nH]c3ccccc3c1CC2.[Br-]. The summed E-state index contributed by atoms with van der Waals surface area (Å²) in [5.74, 6) is -0.480. The summed E-state index contributed by atoms with van der Waals surface area (Å²) in [7, 11) is 1.31. The van der Waals surface area contributed by atoms with E-state index in [1.807, 2.05) is 18.2 Å². The van der Waals surface area contributed by atoms with Crippen molar-refractivity contribution < 1.29 is 40.9 Å². The lowest BCUT2D eigenvalue weighted by molar-refractivity contribution is -0.537. The smallest absolute Gasteiger partial charge is 0.311 e. The average molecular weight is 613 g/mol. The third-order valence-corrected chi connectivity index (χ3v) is 7.88. The molecule has 0 saturated carbocycles. The number of halogens is 1. The number of aromatic amines is 1. The van der Waals surface area contributed by atoms with Crippen molar-refractivity contribution in [2.45, 2.75) is 39.0 Å². The number of nitro groups is 2.